The van der Waals surface area contributed by atoms with Crippen LogP contribution < -0.4 is 4.90 Å². The molecule has 1 aliphatic rings. The van der Waals surface area contributed by atoms with Crippen molar-refractivity contribution in [3.8, 4) is 6.07 Å². The maximum absolute atomic E-state index is 13.0. The van der Waals surface area contributed by atoms with Gasteiger partial charge in [0.2, 0.25) is 11.8 Å². The van der Waals surface area contributed by atoms with Crippen LogP contribution in [0.1, 0.15) is 31.2 Å². The van der Waals surface area contributed by atoms with Crippen LogP contribution in [0.15, 0.2) is 18.2 Å². The number of carbonyl (C=O) groups is 2. The Morgan fingerprint density at radius 3 is 2.33 bits per heavy atom. The zero-order chi connectivity index (χ0) is 13.1. The summed E-state index contributed by atoms with van der Waals surface area (Å²) in [5.41, 5.74) is 0.175. The number of amides is 2. The largest absolute Gasteiger partial charge is 0.274 e. The van der Waals surface area contributed by atoms with Crippen molar-refractivity contribution in [2.45, 2.75) is 25.7 Å². The van der Waals surface area contributed by atoms with E-state index in [4.69, 9.17) is 5.26 Å². The van der Waals surface area contributed by atoms with Crippen LogP contribution >= 0.6 is 0 Å². The fourth-order valence-electron chi connectivity index (χ4n) is 1.98. The van der Waals surface area contributed by atoms with E-state index in [0.29, 0.717) is 12.8 Å². The number of hydrogen-bond donors (Lipinski definition) is 0. The first kappa shape index (κ1) is 12.2. The summed E-state index contributed by atoms with van der Waals surface area (Å²) in [6, 6.07) is 5.28. The fraction of sp³-hybridized carbons (Fsp3) is 0.308. The monoisotopic (exact) mass is 246 g/mol. The predicted molar refractivity (Wildman–Crippen MR) is 62.1 cm³/mol. The van der Waals surface area contributed by atoms with Crippen LogP contribution in [0.25, 0.3) is 0 Å². The van der Waals surface area contributed by atoms with Crippen molar-refractivity contribution in [3.05, 3.63) is 29.6 Å². The molecule has 0 bridgehead atoms. The van der Waals surface area contributed by atoms with Gasteiger partial charge in [0, 0.05) is 12.8 Å². The van der Waals surface area contributed by atoms with E-state index >= 15 is 0 Å². The molecule has 5 heteroatoms. The number of halogens is 1. The van der Waals surface area contributed by atoms with Gasteiger partial charge in [0.15, 0.2) is 0 Å². The van der Waals surface area contributed by atoms with Gasteiger partial charge in [-0.25, -0.2) is 9.29 Å². The second-order valence-corrected chi connectivity index (χ2v) is 4.10. The zero-order valence-electron chi connectivity index (χ0n) is 9.65. The van der Waals surface area contributed by atoms with Crippen molar-refractivity contribution < 1.29 is 14.0 Å². The van der Waals surface area contributed by atoms with Crippen LogP contribution in [0, 0.1) is 17.1 Å². The lowest BCUT2D eigenvalue weighted by atomic mass is 10.1. The van der Waals surface area contributed by atoms with Crippen molar-refractivity contribution >= 4 is 17.5 Å². The minimum Gasteiger partial charge on any atom is -0.274 e. The Morgan fingerprint density at radius 1 is 1.17 bits per heavy atom. The van der Waals surface area contributed by atoms with Crippen LogP contribution in [0.2, 0.25) is 0 Å². The van der Waals surface area contributed by atoms with E-state index in [0.717, 1.165) is 17.0 Å². The first-order chi connectivity index (χ1) is 8.63. The molecule has 92 valence electrons. The molecular weight excluding hydrogens is 235 g/mol. The third-order valence-corrected chi connectivity index (χ3v) is 2.85. The highest BCUT2D eigenvalue weighted by atomic mass is 19.1. The minimum atomic E-state index is -0.565. The number of nitrogens with zero attached hydrogens (tertiary/aromatic N) is 2. The van der Waals surface area contributed by atoms with Gasteiger partial charge in [-0.3, -0.25) is 9.59 Å². The lowest BCUT2D eigenvalue weighted by molar-refractivity contribution is -0.125. The zero-order valence-corrected chi connectivity index (χ0v) is 9.65. The second-order valence-electron chi connectivity index (χ2n) is 4.10. The van der Waals surface area contributed by atoms with Crippen LogP contribution in [-0.2, 0) is 9.59 Å². The summed E-state index contributed by atoms with van der Waals surface area (Å²) in [5, 5.41) is 8.95. The summed E-state index contributed by atoms with van der Waals surface area (Å²) in [6.07, 6.45) is 1.86. The second kappa shape index (κ2) is 4.96. The van der Waals surface area contributed by atoms with Crippen molar-refractivity contribution in [3.63, 3.8) is 0 Å². The van der Waals surface area contributed by atoms with Gasteiger partial charge in [-0.15, -0.1) is 0 Å². The van der Waals surface area contributed by atoms with E-state index in [1.165, 1.54) is 6.07 Å². The van der Waals surface area contributed by atoms with Crippen LogP contribution in [0.4, 0.5) is 10.1 Å². The minimum absolute atomic E-state index is 0.00130. The lowest BCUT2D eigenvalue weighted by Gasteiger charge is -2.19. The molecule has 18 heavy (non-hydrogen) atoms. The van der Waals surface area contributed by atoms with E-state index in [1.54, 1.807) is 0 Å². The molecule has 2 rings (SSSR count). The number of benzene rings is 1. The van der Waals surface area contributed by atoms with Gasteiger partial charge in [0.25, 0.3) is 0 Å². The molecule has 2 amide bonds. The topological polar surface area (TPSA) is 61.2 Å². The van der Waals surface area contributed by atoms with Crippen molar-refractivity contribution in [2.24, 2.45) is 0 Å². The van der Waals surface area contributed by atoms with E-state index in [-0.39, 0.29) is 35.9 Å². The molecule has 0 aromatic heterocycles. The van der Waals surface area contributed by atoms with Gasteiger partial charge < -0.3 is 0 Å². The smallest absolute Gasteiger partial charge is 0.233 e. The third-order valence-electron chi connectivity index (χ3n) is 2.85. The van der Waals surface area contributed by atoms with Crippen LogP contribution in [-0.4, -0.2) is 11.8 Å². The number of anilines is 1. The molecule has 0 N–H and O–H groups in total. The Labute approximate surface area is 104 Å². The number of imide groups is 1. The van der Waals surface area contributed by atoms with Gasteiger partial charge in [0.05, 0.1) is 11.3 Å². The van der Waals surface area contributed by atoms with E-state index in [2.05, 4.69) is 0 Å². The molecule has 4 nitrogen and oxygen atoms in total. The van der Waals surface area contributed by atoms with Crippen molar-refractivity contribution in [1.82, 2.24) is 0 Å². The lowest BCUT2D eigenvalue weighted by Crippen LogP contribution is -2.35. The van der Waals surface area contributed by atoms with E-state index in [1.807, 2.05) is 6.07 Å². The van der Waals surface area contributed by atoms with Gasteiger partial charge in [-0.1, -0.05) is 0 Å². The number of rotatable bonds is 1. The summed E-state index contributed by atoms with van der Waals surface area (Å²) in [7, 11) is 0. The molecule has 1 aromatic rings. The Kier molecular flexibility index (Phi) is 3.38. The summed E-state index contributed by atoms with van der Waals surface area (Å²) in [5.74, 6) is -1.23. The van der Waals surface area contributed by atoms with E-state index < -0.39 is 5.82 Å². The molecule has 1 aliphatic heterocycles. The molecule has 0 aliphatic carbocycles. The Balaban J connectivity index is 2.49. The average molecular weight is 246 g/mol. The number of nitriles is 1. The maximum Gasteiger partial charge on any atom is 0.233 e. The highest BCUT2D eigenvalue weighted by Gasteiger charge is 2.27. The summed E-state index contributed by atoms with van der Waals surface area (Å²) < 4.78 is 13.0. The molecule has 0 spiro atoms. The number of carbonyl (C=O) groups excluding carboxylic acids is 2. The van der Waals surface area contributed by atoms with Crippen molar-refractivity contribution in [2.75, 3.05) is 4.90 Å². The SMILES string of the molecule is N#Cc1cc(F)ccc1N1C(=O)CCCCC1=O. The van der Waals surface area contributed by atoms with Gasteiger partial charge in [-0.05, 0) is 31.0 Å². The summed E-state index contributed by atoms with van der Waals surface area (Å²) >= 11 is 0. The molecule has 0 atom stereocenters. The Hall–Kier alpha value is -2.22. The first-order valence-corrected chi connectivity index (χ1v) is 5.69. The standard InChI is InChI=1S/C13H11FN2O2/c14-10-5-6-11(9(7-10)8-15)16-12(17)3-1-2-4-13(16)18/h5-7H,1-4H2. The van der Waals surface area contributed by atoms with Gasteiger partial charge >= 0.3 is 0 Å². The molecule has 0 radical (unpaired) electrons. The predicted octanol–water partition coefficient (Wildman–Crippen LogP) is 2.13. The first-order valence-electron chi connectivity index (χ1n) is 5.69. The van der Waals surface area contributed by atoms with Gasteiger partial charge in [-0.2, -0.15) is 5.26 Å². The quantitative estimate of drug-likeness (QED) is 0.713. The summed E-state index contributed by atoms with van der Waals surface area (Å²) in [4.78, 5) is 24.8. The molecule has 1 saturated heterocycles. The molecular formula is C13H11FN2O2. The molecule has 0 saturated carbocycles. The molecule has 0 unspecified atom stereocenters. The van der Waals surface area contributed by atoms with Crippen LogP contribution in [0.5, 0.6) is 0 Å². The average Bonchev–Trinajstić information content (AvgIpc) is 2.51. The number of hydrogen-bond acceptors (Lipinski definition) is 3. The third kappa shape index (κ3) is 2.23. The van der Waals surface area contributed by atoms with Crippen LogP contribution in [0.3, 0.4) is 0 Å². The van der Waals surface area contributed by atoms with Gasteiger partial charge in [0.1, 0.15) is 11.9 Å². The Bertz CT molecular complexity index is 530. The maximum atomic E-state index is 13.0. The molecule has 1 aromatic carbocycles. The highest BCUT2D eigenvalue weighted by Crippen LogP contribution is 2.25. The van der Waals surface area contributed by atoms with Crippen molar-refractivity contribution in [1.29, 1.82) is 5.26 Å². The molecule has 1 fully saturated rings. The normalized spacial score (nSPS) is 16.3. The highest BCUT2D eigenvalue weighted by molar-refractivity contribution is 6.15. The Morgan fingerprint density at radius 2 is 1.78 bits per heavy atom. The summed E-state index contributed by atoms with van der Waals surface area (Å²) in [6.45, 7) is 0. The van der Waals surface area contributed by atoms with E-state index in [9.17, 15) is 14.0 Å². The molecule has 1 heterocycles. The fourth-order valence-corrected chi connectivity index (χ4v) is 1.98.